The van der Waals surface area contributed by atoms with E-state index in [4.69, 9.17) is 5.26 Å². The maximum Gasteiger partial charge on any atom is 0.239 e. The Hall–Kier alpha value is -1.87. The highest BCUT2D eigenvalue weighted by Gasteiger charge is 2.27. The zero-order valence-corrected chi connectivity index (χ0v) is 9.73. The van der Waals surface area contributed by atoms with E-state index < -0.39 is 0 Å². The third kappa shape index (κ3) is 2.45. The van der Waals surface area contributed by atoms with E-state index in [1.54, 1.807) is 18.3 Å². The fourth-order valence-corrected chi connectivity index (χ4v) is 1.94. The molecule has 2 rings (SSSR count). The first-order chi connectivity index (χ1) is 8.22. The van der Waals surface area contributed by atoms with E-state index in [1.807, 2.05) is 6.07 Å². The second kappa shape index (κ2) is 4.97. The van der Waals surface area contributed by atoms with Crippen molar-refractivity contribution < 1.29 is 4.79 Å². The Morgan fingerprint density at radius 1 is 1.76 bits per heavy atom. The molecule has 90 valence electrons. The van der Waals surface area contributed by atoms with Crippen molar-refractivity contribution in [1.82, 2.24) is 20.2 Å². The number of carbonyl (C=O) groups excluding carboxylic acids is 1. The predicted octanol–water partition coefficient (Wildman–Crippen LogP) is -0.204. The van der Waals surface area contributed by atoms with Crippen molar-refractivity contribution in [3.8, 4) is 6.07 Å². The minimum Gasteiger partial charge on any atom is -0.347 e. The lowest BCUT2D eigenvalue weighted by molar-refractivity contribution is -0.132. The largest absolute Gasteiger partial charge is 0.347 e. The summed E-state index contributed by atoms with van der Waals surface area (Å²) in [5.41, 5.74) is 2.00. The molecule has 1 aromatic heterocycles. The Balaban J connectivity index is 1.96. The molecule has 6 nitrogen and oxygen atoms in total. The Kier molecular flexibility index (Phi) is 3.40. The molecular weight excluding hydrogens is 218 g/mol. The third-order valence-electron chi connectivity index (χ3n) is 2.96. The zero-order chi connectivity index (χ0) is 12.3. The molecule has 0 aliphatic carbocycles. The molecule has 0 fully saturated rings. The predicted molar refractivity (Wildman–Crippen MR) is 60.8 cm³/mol. The normalized spacial score (nSPS) is 18.2. The van der Waals surface area contributed by atoms with Gasteiger partial charge in [-0.15, -0.1) is 0 Å². The van der Waals surface area contributed by atoms with Crippen LogP contribution in [0.25, 0.3) is 0 Å². The van der Waals surface area contributed by atoms with Gasteiger partial charge >= 0.3 is 0 Å². The Bertz CT molecular complexity index is 447. The van der Waals surface area contributed by atoms with Gasteiger partial charge in [-0.3, -0.25) is 10.1 Å². The molecule has 6 heteroatoms. The lowest BCUT2D eigenvalue weighted by atomic mass is 10.0. The van der Waals surface area contributed by atoms with Crippen LogP contribution in [-0.4, -0.2) is 40.4 Å². The van der Waals surface area contributed by atoms with Crippen LogP contribution in [-0.2, 0) is 17.8 Å². The molecule has 0 saturated heterocycles. The van der Waals surface area contributed by atoms with Crippen LogP contribution < -0.4 is 5.32 Å². The maximum absolute atomic E-state index is 12.1. The summed E-state index contributed by atoms with van der Waals surface area (Å²) in [6, 6.07) is 1.81. The summed E-state index contributed by atoms with van der Waals surface area (Å²) in [7, 11) is 1.72. The topological polar surface area (TPSA) is 84.8 Å². The number of likely N-dealkylation sites (N-methyl/N-ethyl adjacent to an activating group) is 1. The summed E-state index contributed by atoms with van der Waals surface area (Å²) in [6.07, 6.45) is 2.62. The van der Waals surface area contributed by atoms with Crippen LogP contribution in [0.15, 0.2) is 6.33 Å². The average molecular weight is 233 g/mol. The second-order valence-corrected chi connectivity index (χ2v) is 4.13. The molecule has 0 radical (unpaired) electrons. The molecule has 0 saturated carbocycles. The van der Waals surface area contributed by atoms with Crippen LogP contribution in [0.5, 0.6) is 0 Å². The standard InChI is InChI=1S/C11H15N5O/c1-16(4-2-3-12)11(17)9-5-8-10(6-13-9)15-7-14-8/h7,9,13H,2,4-6H2,1H3,(H,14,15). The molecule has 0 aromatic carbocycles. The monoisotopic (exact) mass is 233 g/mol. The van der Waals surface area contributed by atoms with E-state index in [-0.39, 0.29) is 11.9 Å². The number of aromatic nitrogens is 2. The van der Waals surface area contributed by atoms with Gasteiger partial charge in [0, 0.05) is 26.6 Å². The van der Waals surface area contributed by atoms with Crippen molar-refractivity contribution in [2.75, 3.05) is 13.6 Å². The van der Waals surface area contributed by atoms with Gasteiger partial charge in [-0.25, -0.2) is 4.98 Å². The molecule has 17 heavy (non-hydrogen) atoms. The number of hydrogen-bond acceptors (Lipinski definition) is 4. The van der Waals surface area contributed by atoms with Crippen LogP contribution in [0.1, 0.15) is 17.8 Å². The van der Waals surface area contributed by atoms with E-state index in [9.17, 15) is 4.79 Å². The number of imidazole rings is 1. The minimum atomic E-state index is -0.227. The summed E-state index contributed by atoms with van der Waals surface area (Å²) >= 11 is 0. The first kappa shape index (κ1) is 11.6. The van der Waals surface area contributed by atoms with Gasteiger partial charge in [0.15, 0.2) is 0 Å². The number of aromatic amines is 1. The van der Waals surface area contributed by atoms with E-state index in [0.717, 1.165) is 11.4 Å². The highest BCUT2D eigenvalue weighted by molar-refractivity contribution is 5.82. The molecule has 0 spiro atoms. The fourth-order valence-electron chi connectivity index (χ4n) is 1.94. The molecule has 1 amide bonds. The van der Waals surface area contributed by atoms with Crippen LogP contribution in [0.3, 0.4) is 0 Å². The molecule has 2 N–H and O–H groups in total. The van der Waals surface area contributed by atoms with Crippen molar-refractivity contribution in [2.45, 2.75) is 25.4 Å². The quantitative estimate of drug-likeness (QED) is 0.757. The Morgan fingerprint density at radius 3 is 3.35 bits per heavy atom. The van der Waals surface area contributed by atoms with Crippen molar-refractivity contribution in [1.29, 1.82) is 5.26 Å². The molecule has 1 atom stereocenters. The average Bonchev–Trinajstić information content (AvgIpc) is 2.81. The van der Waals surface area contributed by atoms with E-state index >= 15 is 0 Å². The third-order valence-corrected chi connectivity index (χ3v) is 2.96. The van der Waals surface area contributed by atoms with Crippen molar-refractivity contribution >= 4 is 5.91 Å². The molecule has 1 aliphatic rings. The number of amides is 1. The highest BCUT2D eigenvalue weighted by atomic mass is 16.2. The zero-order valence-electron chi connectivity index (χ0n) is 9.73. The Morgan fingerprint density at radius 2 is 2.59 bits per heavy atom. The number of nitrogens with zero attached hydrogens (tertiary/aromatic N) is 3. The highest BCUT2D eigenvalue weighted by Crippen LogP contribution is 2.13. The first-order valence-electron chi connectivity index (χ1n) is 5.59. The molecule has 0 bridgehead atoms. The van der Waals surface area contributed by atoms with Crippen molar-refractivity contribution in [3.63, 3.8) is 0 Å². The Labute approximate surface area is 99.6 Å². The lowest BCUT2D eigenvalue weighted by Crippen LogP contribution is -2.48. The number of H-pyrrole nitrogens is 1. The van der Waals surface area contributed by atoms with Gasteiger partial charge < -0.3 is 9.88 Å². The summed E-state index contributed by atoms with van der Waals surface area (Å²) in [5, 5.41) is 11.7. The molecule has 1 aromatic rings. The number of nitriles is 1. The van der Waals surface area contributed by atoms with Crippen LogP contribution in [0.2, 0.25) is 0 Å². The van der Waals surface area contributed by atoms with Gasteiger partial charge in [-0.1, -0.05) is 0 Å². The summed E-state index contributed by atoms with van der Waals surface area (Å²) in [5.74, 6) is 0.0221. The number of nitrogens with one attached hydrogen (secondary N) is 2. The van der Waals surface area contributed by atoms with Gasteiger partial charge in [0.2, 0.25) is 5.91 Å². The van der Waals surface area contributed by atoms with Gasteiger partial charge in [-0.05, 0) is 0 Å². The van der Waals surface area contributed by atoms with E-state index in [1.165, 1.54) is 0 Å². The number of rotatable bonds is 3. The molecule has 1 aliphatic heterocycles. The van der Waals surface area contributed by atoms with Crippen LogP contribution in [0.4, 0.5) is 0 Å². The SMILES string of the molecule is CN(CCC#N)C(=O)C1Cc2nc[nH]c2CN1. The summed E-state index contributed by atoms with van der Waals surface area (Å²) in [4.78, 5) is 20.9. The number of hydrogen-bond donors (Lipinski definition) is 2. The van der Waals surface area contributed by atoms with Gasteiger partial charge in [0.25, 0.3) is 0 Å². The van der Waals surface area contributed by atoms with Crippen LogP contribution in [0, 0.1) is 11.3 Å². The number of carbonyl (C=O) groups is 1. The first-order valence-corrected chi connectivity index (χ1v) is 5.59. The second-order valence-electron chi connectivity index (χ2n) is 4.13. The van der Waals surface area contributed by atoms with Crippen molar-refractivity contribution in [2.24, 2.45) is 0 Å². The molecule has 1 unspecified atom stereocenters. The summed E-state index contributed by atoms with van der Waals surface area (Å²) < 4.78 is 0. The van der Waals surface area contributed by atoms with E-state index in [2.05, 4.69) is 15.3 Å². The molecule has 2 heterocycles. The van der Waals surface area contributed by atoms with Crippen LogP contribution >= 0.6 is 0 Å². The smallest absolute Gasteiger partial charge is 0.239 e. The minimum absolute atomic E-state index is 0.0221. The molecular formula is C11H15N5O. The summed E-state index contributed by atoms with van der Waals surface area (Å²) in [6.45, 7) is 1.11. The number of fused-ring (bicyclic) bond motifs is 1. The van der Waals surface area contributed by atoms with Crippen molar-refractivity contribution in [3.05, 3.63) is 17.7 Å². The van der Waals surface area contributed by atoms with Gasteiger partial charge in [0.05, 0.1) is 36.2 Å². The fraction of sp³-hybridized carbons (Fsp3) is 0.545. The lowest BCUT2D eigenvalue weighted by Gasteiger charge is -2.26. The van der Waals surface area contributed by atoms with E-state index in [0.29, 0.717) is 25.9 Å². The van der Waals surface area contributed by atoms with Gasteiger partial charge in [0.1, 0.15) is 0 Å². The maximum atomic E-state index is 12.1. The van der Waals surface area contributed by atoms with Gasteiger partial charge in [-0.2, -0.15) is 5.26 Å².